The molecule has 3 aliphatic rings. The normalized spacial score (nSPS) is 25.4. The summed E-state index contributed by atoms with van der Waals surface area (Å²) < 4.78 is 44.4. The second-order valence-electron chi connectivity index (χ2n) is 10.00. The summed E-state index contributed by atoms with van der Waals surface area (Å²) in [6, 6.07) is 7.37. The van der Waals surface area contributed by atoms with Gasteiger partial charge >= 0.3 is 6.18 Å². The quantitative estimate of drug-likeness (QED) is 0.656. The van der Waals surface area contributed by atoms with E-state index in [1.807, 2.05) is 46.0 Å². The van der Waals surface area contributed by atoms with Crippen LogP contribution < -0.4 is 10.6 Å². The van der Waals surface area contributed by atoms with Crippen LogP contribution in [0.5, 0.6) is 0 Å². The summed E-state index contributed by atoms with van der Waals surface area (Å²) in [4.78, 5) is 13.6. The van der Waals surface area contributed by atoms with E-state index in [0.717, 1.165) is 16.8 Å². The average molecular weight is 485 g/mol. The Hall–Kier alpha value is -3.43. The van der Waals surface area contributed by atoms with E-state index >= 15 is 0 Å². The molecule has 0 aliphatic carbocycles. The molecule has 184 valence electrons. The minimum Gasteiger partial charge on any atom is -0.362 e. The Morgan fingerprint density at radius 3 is 2.63 bits per heavy atom. The van der Waals surface area contributed by atoms with Gasteiger partial charge in [0, 0.05) is 41.5 Å². The minimum atomic E-state index is -4.71. The summed E-state index contributed by atoms with van der Waals surface area (Å²) in [5.74, 6) is -0.382. The van der Waals surface area contributed by atoms with Gasteiger partial charge in [-0.1, -0.05) is 25.1 Å². The zero-order chi connectivity index (χ0) is 25.3. The molecule has 1 aromatic heterocycles. The van der Waals surface area contributed by atoms with Crippen LogP contribution in [0.2, 0.25) is 0 Å². The standard InChI is InChI=1S/C25H27F3N6O/c1-6-24(15-9-7-8-14(10-15)16-12-29-34(5)13(16)2)18-17(11-23(3,4)31-22(18)35)30-21-19(24)20(32-33-21)25(26,27)28/h7-10,12,21,30H,6,11H2,1-5H3,(H,31,35)/t21?,24-/m0/s1. The van der Waals surface area contributed by atoms with Gasteiger partial charge in [0.2, 0.25) is 0 Å². The molecule has 2 N–H and O–H groups in total. The molecule has 7 nitrogen and oxygen atoms in total. The maximum absolute atomic E-state index is 14.2. The van der Waals surface area contributed by atoms with E-state index in [9.17, 15) is 18.0 Å². The smallest absolute Gasteiger partial charge is 0.362 e. The molecule has 2 aromatic rings. The van der Waals surface area contributed by atoms with Crippen LogP contribution in [0.4, 0.5) is 13.2 Å². The van der Waals surface area contributed by atoms with Gasteiger partial charge in [-0.2, -0.15) is 23.4 Å². The van der Waals surface area contributed by atoms with Gasteiger partial charge in [0.1, 0.15) is 0 Å². The van der Waals surface area contributed by atoms with Crippen molar-refractivity contribution >= 4 is 5.91 Å². The highest BCUT2D eigenvalue weighted by Gasteiger charge is 2.57. The van der Waals surface area contributed by atoms with Gasteiger partial charge in [-0.3, -0.25) is 9.48 Å². The van der Waals surface area contributed by atoms with Crippen LogP contribution in [-0.4, -0.2) is 33.6 Å². The van der Waals surface area contributed by atoms with E-state index in [1.165, 1.54) is 0 Å². The van der Waals surface area contributed by atoms with Crippen LogP contribution in [0, 0.1) is 6.92 Å². The van der Waals surface area contributed by atoms with Crippen LogP contribution in [0.25, 0.3) is 11.1 Å². The molecule has 1 unspecified atom stereocenters. The number of nitrogens with zero attached hydrogens (tertiary/aromatic N) is 4. The van der Waals surface area contributed by atoms with Gasteiger partial charge < -0.3 is 10.6 Å². The number of carbonyl (C=O) groups excluding carboxylic acids is 1. The second kappa shape index (κ2) is 7.53. The second-order valence-corrected chi connectivity index (χ2v) is 10.00. The fourth-order valence-corrected chi connectivity index (χ4v) is 5.66. The lowest BCUT2D eigenvalue weighted by Crippen LogP contribution is -2.58. The summed E-state index contributed by atoms with van der Waals surface area (Å²) in [6.45, 7) is 7.51. The number of halogens is 3. The molecule has 35 heavy (non-hydrogen) atoms. The number of aryl methyl sites for hydroxylation is 1. The number of alkyl halides is 3. The van der Waals surface area contributed by atoms with E-state index in [2.05, 4.69) is 26.0 Å². The predicted molar refractivity (Wildman–Crippen MR) is 124 cm³/mol. The third-order valence-corrected chi connectivity index (χ3v) is 7.30. The first-order chi connectivity index (χ1) is 16.4. The highest BCUT2D eigenvalue weighted by molar-refractivity contribution is 6.00. The van der Waals surface area contributed by atoms with Crippen molar-refractivity contribution in [3.8, 4) is 11.1 Å². The van der Waals surface area contributed by atoms with Gasteiger partial charge in [0.05, 0.1) is 17.2 Å². The highest BCUT2D eigenvalue weighted by atomic mass is 19.4. The molecule has 0 fully saturated rings. The first-order valence-electron chi connectivity index (χ1n) is 11.5. The SMILES string of the molecule is CC[C@]1(c2cccc(-c3cnn(C)c3C)c2)C2=C(CC(C)(C)NC2=O)NC2N=NC(C(F)(F)F)=C21. The molecule has 2 atom stereocenters. The molecule has 4 heterocycles. The summed E-state index contributed by atoms with van der Waals surface area (Å²) in [5, 5.41) is 18.0. The summed E-state index contributed by atoms with van der Waals surface area (Å²) >= 11 is 0. The summed E-state index contributed by atoms with van der Waals surface area (Å²) in [5.41, 5.74) is 1.15. The van der Waals surface area contributed by atoms with Gasteiger partial charge in [-0.15, -0.1) is 5.11 Å². The third kappa shape index (κ3) is 3.41. The summed E-state index contributed by atoms with van der Waals surface area (Å²) in [7, 11) is 1.83. The Labute approximate surface area is 201 Å². The van der Waals surface area contributed by atoms with E-state index in [-0.39, 0.29) is 17.9 Å². The van der Waals surface area contributed by atoms with Gasteiger partial charge in [0.25, 0.3) is 5.91 Å². The molecule has 1 aromatic carbocycles. The third-order valence-electron chi connectivity index (χ3n) is 7.30. The van der Waals surface area contributed by atoms with Crippen molar-refractivity contribution in [1.82, 2.24) is 20.4 Å². The summed E-state index contributed by atoms with van der Waals surface area (Å²) in [6.07, 6.45) is -3.30. The van der Waals surface area contributed by atoms with Gasteiger partial charge in [-0.25, -0.2) is 0 Å². The Balaban J connectivity index is 1.83. The molecular formula is C25H27F3N6O. The maximum Gasteiger partial charge on any atom is 0.435 e. The van der Waals surface area contributed by atoms with E-state index in [0.29, 0.717) is 23.3 Å². The number of azo groups is 1. The number of amides is 1. The molecule has 3 aliphatic heterocycles. The lowest BCUT2D eigenvalue weighted by Gasteiger charge is -2.48. The van der Waals surface area contributed by atoms with Crippen LogP contribution in [0.15, 0.2) is 63.2 Å². The number of aromatic nitrogens is 2. The molecule has 0 radical (unpaired) electrons. The van der Waals surface area contributed by atoms with Crippen molar-refractivity contribution in [3.05, 3.63) is 64.3 Å². The number of nitrogens with one attached hydrogen (secondary N) is 2. The predicted octanol–water partition coefficient (Wildman–Crippen LogP) is 4.81. The Bertz CT molecular complexity index is 1330. The molecule has 0 spiro atoms. The number of rotatable bonds is 3. The average Bonchev–Trinajstić information content (AvgIpc) is 3.35. The van der Waals surface area contributed by atoms with Crippen molar-refractivity contribution in [3.63, 3.8) is 0 Å². The lowest BCUT2D eigenvalue weighted by atomic mass is 9.61. The fraction of sp³-hybridized carbons (Fsp3) is 0.440. The first kappa shape index (κ1) is 23.3. The van der Waals surface area contributed by atoms with Gasteiger partial charge in [-0.05, 0) is 44.4 Å². The Morgan fingerprint density at radius 2 is 2.00 bits per heavy atom. The molecule has 5 rings (SSSR count). The lowest BCUT2D eigenvalue weighted by molar-refractivity contribution is -0.120. The molecule has 1 amide bonds. The largest absolute Gasteiger partial charge is 0.435 e. The maximum atomic E-state index is 14.2. The van der Waals surface area contributed by atoms with E-state index in [1.54, 1.807) is 23.9 Å². The van der Waals surface area contributed by atoms with Crippen molar-refractivity contribution in [1.29, 1.82) is 0 Å². The zero-order valence-electron chi connectivity index (χ0n) is 20.2. The highest BCUT2D eigenvalue weighted by Crippen LogP contribution is 2.55. The Kier molecular flexibility index (Phi) is 5.02. The van der Waals surface area contributed by atoms with Crippen molar-refractivity contribution in [2.45, 2.75) is 63.8 Å². The van der Waals surface area contributed by atoms with E-state index in [4.69, 9.17) is 0 Å². The van der Waals surface area contributed by atoms with Crippen molar-refractivity contribution in [2.24, 2.45) is 17.3 Å². The van der Waals surface area contributed by atoms with Crippen LogP contribution in [0.3, 0.4) is 0 Å². The number of fused-ring (bicyclic) bond motifs is 1. The number of hydrogen-bond acceptors (Lipinski definition) is 5. The molecule has 0 bridgehead atoms. The molecule has 10 heteroatoms. The van der Waals surface area contributed by atoms with Crippen LogP contribution in [0.1, 0.15) is 44.9 Å². The molecular weight excluding hydrogens is 457 g/mol. The molecule has 0 saturated carbocycles. The van der Waals surface area contributed by atoms with Crippen LogP contribution in [-0.2, 0) is 17.3 Å². The monoisotopic (exact) mass is 484 g/mol. The topological polar surface area (TPSA) is 83.7 Å². The van der Waals surface area contributed by atoms with Gasteiger partial charge in [0.15, 0.2) is 11.9 Å². The Morgan fingerprint density at radius 1 is 1.26 bits per heavy atom. The van der Waals surface area contributed by atoms with Crippen molar-refractivity contribution < 1.29 is 18.0 Å². The number of hydrogen-bond donors (Lipinski definition) is 2. The van der Waals surface area contributed by atoms with Crippen LogP contribution >= 0.6 is 0 Å². The number of carbonyl (C=O) groups is 1. The van der Waals surface area contributed by atoms with E-state index < -0.39 is 29.0 Å². The number of allylic oxidation sites excluding steroid dienone is 1. The first-order valence-corrected chi connectivity index (χ1v) is 11.5. The molecule has 0 saturated heterocycles. The zero-order valence-corrected chi connectivity index (χ0v) is 20.2. The minimum absolute atomic E-state index is 0.0267. The van der Waals surface area contributed by atoms with Crippen molar-refractivity contribution in [2.75, 3.05) is 0 Å². The fourth-order valence-electron chi connectivity index (χ4n) is 5.66. The number of benzene rings is 1.